The molecule has 45 heavy (non-hydrogen) atoms. The van der Waals surface area contributed by atoms with Gasteiger partial charge in [-0.25, -0.2) is 0 Å². The number of aryl methyl sites for hydroxylation is 4. The maximum Gasteiger partial charge on any atom is 0.235 e. The molecule has 4 aromatic carbocycles. The fourth-order valence-corrected chi connectivity index (χ4v) is 6.37. The summed E-state index contributed by atoms with van der Waals surface area (Å²) in [5.41, 5.74) is 4.83. The number of ether oxygens (including phenoxy) is 1. The minimum Gasteiger partial charge on any atom is -0.489 e. The van der Waals surface area contributed by atoms with Crippen molar-refractivity contribution in [3.8, 4) is 5.75 Å². The molecule has 0 saturated heterocycles. The van der Waals surface area contributed by atoms with E-state index in [9.17, 15) is 19.5 Å². The SMILES string of the molecule is Cc1ccc(NC(=O)C2C(=O)CC(C)(O)C(C(=O)Nc3ccc(C)cc3C)C2c2cccc(OCc3ccccc3)c2)c(C)c1. The Kier molecular flexibility index (Phi) is 9.21. The molecule has 232 valence electrons. The van der Waals surface area contributed by atoms with Gasteiger partial charge >= 0.3 is 0 Å². The molecular weight excluding hydrogens is 564 g/mol. The molecule has 3 N–H and O–H groups in total. The maximum atomic E-state index is 14.2. The lowest BCUT2D eigenvalue weighted by Gasteiger charge is -2.44. The van der Waals surface area contributed by atoms with Crippen molar-refractivity contribution in [2.75, 3.05) is 10.6 Å². The molecule has 1 aliphatic carbocycles. The van der Waals surface area contributed by atoms with Crippen molar-refractivity contribution < 1.29 is 24.2 Å². The predicted octanol–water partition coefficient (Wildman–Crippen LogP) is 6.82. The van der Waals surface area contributed by atoms with E-state index in [1.165, 1.54) is 6.92 Å². The van der Waals surface area contributed by atoms with E-state index in [2.05, 4.69) is 10.6 Å². The lowest BCUT2D eigenvalue weighted by Crippen LogP contribution is -2.56. The summed E-state index contributed by atoms with van der Waals surface area (Å²) in [5, 5.41) is 17.7. The highest BCUT2D eigenvalue weighted by Gasteiger charge is 2.56. The second-order valence-corrected chi connectivity index (χ2v) is 12.4. The Balaban J connectivity index is 1.55. The van der Waals surface area contributed by atoms with E-state index in [1.807, 2.05) is 94.4 Å². The Morgan fingerprint density at radius 3 is 2.00 bits per heavy atom. The average Bonchev–Trinajstić information content (AvgIpc) is 2.98. The molecule has 1 fully saturated rings. The van der Waals surface area contributed by atoms with Crippen LogP contribution in [0.2, 0.25) is 0 Å². The second kappa shape index (κ2) is 13.1. The second-order valence-electron chi connectivity index (χ2n) is 12.4. The third-order valence-electron chi connectivity index (χ3n) is 8.60. The number of rotatable bonds is 8. The molecule has 1 saturated carbocycles. The largest absolute Gasteiger partial charge is 0.489 e. The van der Waals surface area contributed by atoms with Gasteiger partial charge in [0.05, 0.1) is 11.5 Å². The summed E-state index contributed by atoms with van der Waals surface area (Å²) in [6.45, 7) is 9.54. The van der Waals surface area contributed by atoms with Crippen molar-refractivity contribution in [3.63, 3.8) is 0 Å². The van der Waals surface area contributed by atoms with E-state index in [0.717, 1.165) is 27.8 Å². The first-order valence-corrected chi connectivity index (χ1v) is 15.2. The Bertz CT molecular complexity index is 1730. The molecular formula is C38H40N2O5. The Morgan fingerprint density at radius 1 is 0.800 bits per heavy atom. The molecule has 7 heteroatoms. The zero-order valence-corrected chi connectivity index (χ0v) is 26.4. The summed E-state index contributed by atoms with van der Waals surface area (Å²) in [7, 11) is 0. The number of carbonyl (C=O) groups is 3. The van der Waals surface area contributed by atoms with Gasteiger partial charge in [0.1, 0.15) is 24.1 Å². The zero-order valence-electron chi connectivity index (χ0n) is 26.4. The minimum absolute atomic E-state index is 0.318. The van der Waals surface area contributed by atoms with Crippen molar-refractivity contribution >= 4 is 29.0 Å². The lowest BCUT2D eigenvalue weighted by atomic mass is 9.61. The van der Waals surface area contributed by atoms with Crippen LogP contribution >= 0.6 is 0 Å². The number of Topliss-reactive ketones (excluding diaryl/α,β-unsaturated/α-hetero) is 1. The van der Waals surface area contributed by atoms with Gasteiger partial charge in [0.25, 0.3) is 0 Å². The van der Waals surface area contributed by atoms with Crippen LogP contribution in [-0.4, -0.2) is 28.3 Å². The number of hydrogen-bond acceptors (Lipinski definition) is 5. The molecule has 0 heterocycles. The smallest absolute Gasteiger partial charge is 0.235 e. The highest BCUT2D eigenvalue weighted by atomic mass is 16.5. The van der Waals surface area contributed by atoms with Gasteiger partial charge in [-0.3, -0.25) is 14.4 Å². The third-order valence-corrected chi connectivity index (χ3v) is 8.60. The van der Waals surface area contributed by atoms with E-state index < -0.39 is 41.0 Å². The molecule has 0 aromatic heterocycles. The quantitative estimate of drug-likeness (QED) is 0.192. The summed E-state index contributed by atoms with van der Waals surface area (Å²) in [6.07, 6.45) is -0.344. The van der Waals surface area contributed by atoms with Gasteiger partial charge in [0, 0.05) is 23.7 Å². The molecule has 0 bridgehead atoms. The van der Waals surface area contributed by atoms with Gasteiger partial charge < -0.3 is 20.5 Å². The van der Waals surface area contributed by atoms with Crippen molar-refractivity contribution in [2.45, 2.75) is 59.2 Å². The van der Waals surface area contributed by atoms with Crippen LogP contribution in [0.15, 0.2) is 91.0 Å². The molecule has 5 rings (SSSR count). The third kappa shape index (κ3) is 7.15. The summed E-state index contributed by atoms with van der Waals surface area (Å²) < 4.78 is 6.09. The number of nitrogens with one attached hydrogen (secondary N) is 2. The van der Waals surface area contributed by atoms with E-state index in [4.69, 9.17) is 4.74 Å². The van der Waals surface area contributed by atoms with Gasteiger partial charge in [-0.1, -0.05) is 77.9 Å². The predicted molar refractivity (Wildman–Crippen MR) is 176 cm³/mol. The van der Waals surface area contributed by atoms with E-state index in [1.54, 1.807) is 24.3 Å². The van der Waals surface area contributed by atoms with E-state index in [0.29, 0.717) is 29.3 Å². The average molecular weight is 605 g/mol. The van der Waals surface area contributed by atoms with Gasteiger partial charge in [-0.2, -0.15) is 0 Å². The van der Waals surface area contributed by atoms with Crippen LogP contribution in [0.4, 0.5) is 11.4 Å². The van der Waals surface area contributed by atoms with Crippen LogP contribution in [0.5, 0.6) is 5.75 Å². The molecule has 4 aromatic rings. The molecule has 4 atom stereocenters. The van der Waals surface area contributed by atoms with Crippen LogP contribution in [0.25, 0.3) is 0 Å². The molecule has 0 spiro atoms. The fraction of sp³-hybridized carbons (Fsp3) is 0.289. The normalized spacial score (nSPS) is 21.2. The zero-order chi connectivity index (χ0) is 32.3. The van der Waals surface area contributed by atoms with Gasteiger partial charge in [-0.05, 0) is 81.1 Å². The number of aliphatic hydroxyl groups is 1. The molecule has 1 aliphatic rings. The fourth-order valence-electron chi connectivity index (χ4n) is 6.37. The summed E-state index contributed by atoms with van der Waals surface area (Å²) in [5.74, 6) is -4.23. The van der Waals surface area contributed by atoms with Crippen LogP contribution in [-0.2, 0) is 21.0 Å². The van der Waals surface area contributed by atoms with Crippen LogP contribution in [0, 0.1) is 39.5 Å². The summed E-state index contributed by atoms with van der Waals surface area (Å²) >= 11 is 0. The maximum absolute atomic E-state index is 14.2. The first kappa shape index (κ1) is 31.7. The van der Waals surface area contributed by atoms with Crippen LogP contribution in [0.3, 0.4) is 0 Å². The standard InChI is InChI=1S/C38H40N2O5/c1-23-14-16-30(25(3)18-23)39-36(42)34-32(41)21-38(5,44)35(37(43)40-31-17-15-24(2)19-26(31)4)33(34)28-12-9-13-29(20-28)45-22-27-10-7-6-8-11-27/h6-20,33-35,44H,21-22H2,1-5H3,(H,39,42)(H,40,43). The lowest BCUT2D eigenvalue weighted by molar-refractivity contribution is -0.150. The van der Waals surface area contributed by atoms with Crippen LogP contribution in [0.1, 0.15) is 52.6 Å². The van der Waals surface area contributed by atoms with Gasteiger partial charge in [0.15, 0.2) is 0 Å². The molecule has 0 aliphatic heterocycles. The molecule has 4 unspecified atom stereocenters. The summed E-state index contributed by atoms with van der Waals surface area (Å²) in [4.78, 5) is 42.0. The van der Waals surface area contributed by atoms with E-state index >= 15 is 0 Å². The van der Waals surface area contributed by atoms with Crippen molar-refractivity contribution in [1.82, 2.24) is 0 Å². The van der Waals surface area contributed by atoms with Crippen LogP contribution < -0.4 is 15.4 Å². The number of carbonyl (C=O) groups excluding carboxylic acids is 3. The molecule has 2 amide bonds. The monoisotopic (exact) mass is 604 g/mol. The van der Waals surface area contributed by atoms with E-state index in [-0.39, 0.29) is 6.42 Å². The number of ketones is 1. The Labute approximate surface area is 264 Å². The summed E-state index contributed by atoms with van der Waals surface area (Å²) in [6, 6.07) is 28.2. The minimum atomic E-state index is -1.72. The Hall–Kier alpha value is -4.75. The number of amides is 2. The first-order chi connectivity index (χ1) is 21.4. The molecule has 0 radical (unpaired) electrons. The van der Waals surface area contributed by atoms with Crippen molar-refractivity contribution in [3.05, 3.63) is 124 Å². The van der Waals surface area contributed by atoms with Crippen molar-refractivity contribution in [1.29, 1.82) is 0 Å². The highest BCUT2D eigenvalue weighted by Crippen LogP contribution is 2.47. The Morgan fingerprint density at radius 2 is 1.40 bits per heavy atom. The highest BCUT2D eigenvalue weighted by molar-refractivity contribution is 6.10. The van der Waals surface area contributed by atoms with Crippen molar-refractivity contribution in [2.24, 2.45) is 11.8 Å². The molecule has 7 nitrogen and oxygen atoms in total. The van der Waals surface area contributed by atoms with Gasteiger partial charge in [-0.15, -0.1) is 0 Å². The number of hydrogen-bond donors (Lipinski definition) is 3. The number of benzene rings is 4. The first-order valence-electron chi connectivity index (χ1n) is 15.2. The topological polar surface area (TPSA) is 105 Å². The number of anilines is 2. The van der Waals surface area contributed by atoms with Gasteiger partial charge in [0.2, 0.25) is 11.8 Å².